The number of benzene rings is 2. The van der Waals surface area contributed by atoms with Gasteiger partial charge in [0.15, 0.2) is 0 Å². The molecule has 3 aromatic rings. The van der Waals surface area contributed by atoms with Gasteiger partial charge in [-0.05, 0) is 50.1 Å². The highest BCUT2D eigenvalue weighted by Gasteiger charge is 2.37. The lowest BCUT2D eigenvalue weighted by Gasteiger charge is -2.29. The molecule has 1 aromatic heterocycles. The third-order valence-corrected chi connectivity index (χ3v) is 6.27. The fourth-order valence-electron chi connectivity index (χ4n) is 4.98. The quantitative estimate of drug-likeness (QED) is 0.771. The summed E-state index contributed by atoms with van der Waals surface area (Å²) in [5.41, 5.74) is 5.62. The zero-order valence-electron chi connectivity index (χ0n) is 15.6. The second-order valence-electron chi connectivity index (χ2n) is 8.33. The molecule has 3 unspecified atom stereocenters. The number of aryl methyl sites for hydroxylation is 1. The van der Waals surface area contributed by atoms with Crippen molar-refractivity contribution in [2.24, 2.45) is 0 Å². The van der Waals surface area contributed by atoms with Gasteiger partial charge in [0.05, 0.1) is 6.54 Å². The molecule has 1 fully saturated rings. The van der Waals surface area contributed by atoms with E-state index in [9.17, 15) is 5.11 Å². The van der Waals surface area contributed by atoms with Crippen LogP contribution in [0.5, 0.6) is 0 Å². The molecule has 0 spiro atoms. The molecule has 0 saturated carbocycles. The summed E-state index contributed by atoms with van der Waals surface area (Å²) in [6.45, 7) is 8.12. The number of rotatable bonds is 3. The maximum atomic E-state index is 11.3. The van der Waals surface area contributed by atoms with E-state index in [2.05, 4.69) is 34.6 Å². The van der Waals surface area contributed by atoms with Crippen molar-refractivity contribution < 1.29 is 5.11 Å². The first-order valence-electron chi connectivity index (χ1n) is 9.65. The zero-order valence-corrected chi connectivity index (χ0v) is 15.6. The Morgan fingerprint density at radius 3 is 2.77 bits per heavy atom. The minimum atomic E-state index is -0.887. The van der Waals surface area contributed by atoms with Crippen molar-refractivity contribution in [1.29, 1.82) is 0 Å². The number of nitrogens with zero attached hydrogens (tertiary/aromatic N) is 2. The van der Waals surface area contributed by atoms with E-state index < -0.39 is 5.60 Å². The van der Waals surface area contributed by atoms with Gasteiger partial charge in [0.25, 0.3) is 0 Å². The van der Waals surface area contributed by atoms with Crippen molar-refractivity contribution in [3.8, 4) is 0 Å². The van der Waals surface area contributed by atoms with Gasteiger partial charge in [-0.1, -0.05) is 42.0 Å². The smallest absolute Gasteiger partial charge is 0.105 e. The molecule has 1 saturated heterocycles. The highest BCUT2D eigenvalue weighted by molar-refractivity contribution is 5.87. The minimum Gasteiger partial charge on any atom is -0.384 e. The molecule has 3 heterocycles. The van der Waals surface area contributed by atoms with Crippen molar-refractivity contribution in [3.63, 3.8) is 0 Å². The second kappa shape index (κ2) is 5.70. The van der Waals surface area contributed by atoms with Crippen LogP contribution in [-0.4, -0.2) is 27.7 Å². The molecule has 3 heteroatoms. The Balaban J connectivity index is 1.68. The van der Waals surface area contributed by atoms with Gasteiger partial charge in [-0.25, -0.2) is 0 Å². The molecule has 3 atom stereocenters. The van der Waals surface area contributed by atoms with Gasteiger partial charge in [0, 0.05) is 35.6 Å². The van der Waals surface area contributed by atoms with Gasteiger partial charge in [-0.15, -0.1) is 0 Å². The molecule has 5 rings (SSSR count). The van der Waals surface area contributed by atoms with Gasteiger partial charge >= 0.3 is 0 Å². The highest BCUT2D eigenvalue weighted by Crippen LogP contribution is 2.42. The number of hydrogen-bond donors (Lipinski definition) is 1. The van der Waals surface area contributed by atoms with E-state index in [-0.39, 0.29) is 0 Å². The second-order valence-corrected chi connectivity index (χ2v) is 8.33. The van der Waals surface area contributed by atoms with Gasteiger partial charge in [0.1, 0.15) is 5.60 Å². The molecule has 3 nitrogen and oxygen atoms in total. The van der Waals surface area contributed by atoms with E-state index >= 15 is 0 Å². The summed E-state index contributed by atoms with van der Waals surface area (Å²) in [6.07, 6.45) is 1.23. The van der Waals surface area contributed by atoms with Crippen LogP contribution in [0.4, 0.5) is 0 Å². The molecular weight excluding hydrogens is 320 g/mol. The number of aromatic nitrogens is 1. The van der Waals surface area contributed by atoms with Crippen LogP contribution in [0.2, 0.25) is 0 Å². The van der Waals surface area contributed by atoms with E-state index in [1.165, 1.54) is 40.7 Å². The van der Waals surface area contributed by atoms with Gasteiger partial charge in [0.2, 0.25) is 0 Å². The molecule has 26 heavy (non-hydrogen) atoms. The normalized spacial score (nSPS) is 23.8. The first-order valence-corrected chi connectivity index (χ1v) is 9.65. The number of hydrogen-bond acceptors (Lipinski definition) is 2. The van der Waals surface area contributed by atoms with E-state index in [4.69, 9.17) is 0 Å². The molecule has 0 amide bonds. The lowest BCUT2D eigenvalue weighted by molar-refractivity contribution is 0.0383. The highest BCUT2D eigenvalue weighted by atomic mass is 16.3. The Labute approximate surface area is 154 Å². The fourth-order valence-corrected chi connectivity index (χ4v) is 4.98. The van der Waals surface area contributed by atoms with Crippen LogP contribution in [0, 0.1) is 6.92 Å². The predicted octanol–water partition coefficient (Wildman–Crippen LogP) is 4.16. The van der Waals surface area contributed by atoms with E-state index in [0.717, 1.165) is 18.7 Å². The van der Waals surface area contributed by atoms with Crippen molar-refractivity contribution in [2.45, 2.75) is 44.9 Å². The van der Waals surface area contributed by atoms with Crippen molar-refractivity contribution in [2.75, 3.05) is 13.1 Å². The zero-order chi connectivity index (χ0) is 17.9. The largest absolute Gasteiger partial charge is 0.384 e. The van der Waals surface area contributed by atoms with Crippen LogP contribution in [0.3, 0.4) is 0 Å². The molecule has 2 bridgehead atoms. The minimum absolute atomic E-state index is 0.595. The van der Waals surface area contributed by atoms with E-state index in [0.29, 0.717) is 12.5 Å². The summed E-state index contributed by atoms with van der Waals surface area (Å²) >= 11 is 0. The molecule has 1 N–H and O–H groups in total. The molecule has 2 aliphatic rings. The molecule has 134 valence electrons. The molecule has 2 aromatic carbocycles. The molecule has 0 radical (unpaired) electrons. The van der Waals surface area contributed by atoms with Crippen molar-refractivity contribution in [1.82, 2.24) is 9.47 Å². The Bertz CT molecular complexity index is 971. The Kier molecular flexibility index (Phi) is 3.53. The molecular formula is C23H26N2O. The summed E-state index contributed by atoms with van der Waals surface area (Å²) in [5.74, 6) is 0.595. The maximum Gasteiger partial charge on any atom is 0.105 e. The van der Waals surface area contributed by atoms with Crippen molar-refractivity contribution in [3.05, 3.63) is 70.9 Å². The maximum absolute atomic E-state index is 11.3. The Hall–Kier alpha value is -2.10. The van der Waals surface area contributed by atoms with Crippen LogP contribution >= 0.6 is 0 Å². The molecule has 0 aliphatic carbocycles. The summed E-state index contributed by atoms with van der Waals surface area (Å²) < 4.78 is 2.42. The van der Waals surface area contributed by atoms with Crippen molar-refractivity contribution >= 4 is 10.9 Å². The summed E-state index contributed by atoms with van der Waals surface area (Å²) in [5, 5.41) is 12.7. The SMILES string of the molecule is Cc1ccc2c(c1)c1c(n2CC(C)(O)c2ccccc2)C2CCN(C1)C2. The third kappa shape index (κ3) is 2.42. The van der Waals surface area contributed by atoms with Crippen LogP contribution < -0.4 is 0 Å². The van der Waals surface area contributed by atoms with Gasteiger partial charge in [-0.2, -0.15) is 0 Å². The predicted molar refractivity (Wildman–Crippen MR) is 105 cm³/mol. The van der Waals surface area contributed by atoms with E-state index in [1.807, 2.05) is 37.3 Å². The van der Waals surface area contributed by atoms with Crippen LogP contribution in [-0.2, 0) is 18.7 Å². The topological polar surface area (TPSA) is 28.4 Å². The third-order valence-electron chi connectivity index (χ3n) is 6.27. The standard InChI is InChI=1S/C23H26N2O/c1-16-8-9-21-19(12-16)20-14-24-11-10-17(13-24)22(20)25(21)15-23(2,26)18-6-4-3-5-7-18/h3-9,12,17,26H,10-11,13-15H2,1-2H3. The average Bonchev–Trinajstić information content (AvgIpc) is 3.15. The Morgan fingerprint density at radius 1 is 1.15 bits per heavy atom. The average molecular weight is 346 g/mol. The lowest BCUT2D eigenvalue weighted by atomic mass is 9.94. The summed E-state index contributed by atoms with van der Waals surface area (Å²) in [6, 6.07) is 16.8. The molecule has 2 aliphatic heterocycles. The number of aliphatic hydroxyl groups is 1. The lowest BCUT2D eigenvalue weighted by Crippen LogP contribution is -2.31. The first kappa shape index (κ1) is 16.1. The van der Waals surface area contributed by atoms with Gasteiger partial charge in [-0.3, -0.25) is 4.90 Å². The summed E-state index contributed by atoms with van der Waals surface area (Å²) in [7, 11) is 0. The van der Waals surface area contributed by atoms with E-state index in [1.54, 1.807) is 0 Å². The first-order chi connectivity index (χ1) is 12.5. The fraction of sp³-hybridized carbons (Fsp3) is 0.391. The summed E-state index contributed by atoms with van der Waals surface area (Å²) in [4.78, 5) is 2.58. The monoisotopic (exact) mass is 346 g/mol. The van der Waals surface area contributed by atoms with Crippen LogP contribution in [0.15, 0.2) is 48.5 Å². The number of fused-ring (bicyclic) bond motifs is 6. The van der Waals surface area contributed by atoms with Gasteiger partial charge < -0.3 is 9.67 Å². The Morgan fingerprint density at radius 2 is 1.96 bits per heavy atom. The van der Waals surface area contributed by atoms with Crippen LogP contribution in [0.25, 0.3) is 10.9 Å². The van der Waals surface area contributed by atoms with Crippen LogP contribution in [0.1, 0.15) is 41.6 Å².